The van der Waals surface area contributed by atoms with Crippen molar-refractivity contribution in [3.8, 4) is 0 Å². The zero-order chi connectivity index (χ0) is 14.8. The summed E-state index contributed by atoms with van der Waals surface area (Å²) in [5.41, 5.74) is 0.576. The van der Waals surface area contributed by atoms with Crippen molar-refractivity contribution >= 4 is 5.78 Å². The fraction of sp³-hybridized carbons (Fsp3) is 0.400. The van der Waals surface area contributed by atoms with Crippen LogP contribution in [0.15, 0.2) is 30.5 Å². The van der Waals surface area contributed by atoms with Gasteiger partial charge in [-0.25, -0.2) is 9.07 Å². The van der Waals surface area contributed by atoms with Gasteiger partial charge in [0, 0.05) is 5.56 Å². The molecule has 0 saturated heterocycles. The number of benzene rings is 1. The van der Waals surface area contributed by atoms with Gasteiger partial charge in [0.25, 0.3) is 0 Å². The normalized spacial score (nSPS) is 22.2. The molecule has 0 amide bonds. The minimum atomic E-state index is -0.450. The third kappa shape index (κ3) is 2.85. The molecule has 1 aromatic heterocycles. The second-order valence-corrected chi connectivity index (χ2v) is 5.34. The lowest BCUT2D eigenvalue weighted by Crippen LogP contribution is -2.27. The Morgan fingerprint density at radius 2 is 1.95 bits per heavy atom. The maximum Gasteiger partial charge on any atom is 0.214 e. The van der Waals surface area contributed by atoms with Crippen LogP contribution >= 0.6 is 0 Å². The summed E-state index contributed by atoms with van der Waals surface area (Å²) in [7, 11) is 0. The zero-order valence-electron chi connectivity index (χ0n) is 11.4. The van der Waals surface area contributed by atoms with Crippen molar-refractivity contribution in [3.05, 3.63) is 47.5 Å². The molecule has 1 aromatic carbocycles. The molecule has 1 fully saturated rings. The highest BCUT2D eigenvalue weighted by molar-refractivity contribution is 6.07. The molecule has 21 heavy (non-hydrogen) atoms. The molecule has 0 unspecified atom stereocenters. The predicted molar refractivity (Wildman–Crippen MR) is 73.4 cm³/mol. The topological polar surface area (TPSA) is 68.0 Å². The number of hydrogen-bond donors (Lipinski definition) is 1. The summed E-state index contributed by atoms with van der Waals surface area (Å²) in [4.78, 5) is 12.2. The Hall–Kier alpha value is -2.08. The highest BCUT2D eigenvalue weighted by Gasteiger charge is 2.26. The quantitative estimate of drug-likeness (QED) is 0.879. The maximum atomic E-state index is 12.9. The third-order valence-corrected chi connectivity index (χ3v) is 3.88. The summed E-state index contributed by atoms with van der Waals surface area (Å²) in [5, 5.41) is 17.9. The number of carbonyl (C=O) groups excluding carboxylic acids is 1. The molecule has 1 saturated carbocycles. The summed E-state index contributed by atoms with van der Waals surface area (Å²) < 4.78 is 14.4. The molecule has 2 aromatic rings. The number of carbonyl (C=O) groups is 1. The predicted octanol–water partition coefficient (Wildman–Crippen LogP) is 2.12. The number of halogens is 1. The fourth-order valence-corrected chi connectivity index (χ4v) is 2.69. The molecule has 1 aliphatic rings. The van der Waals surface area contributed by atoms with Gasteiger partial charge in [0.05, 0.1) is 18.3 Å². The van der Waals surface area contributed by atoms with Crippen LogP contribution in [0.4, 0.5) is 4.39 Å². The van der Waals surface area contributed by atoms with Gasteiger partial charge in [-0.15, -0.1) is 5.10 Å². The van der Waals surface area contributed by atoms with E-state index in [1.165, 1.54) is 24.3 Å². The van der Waals surface area contributed by atoms with Crippen LogP contribution in [0.25, 0.3) is 0 Å². The van der Waals surface area contributed by atoms with Gasteiger partial charge in [0.15, 0.2) is 5.69 Å². The van der Waals surface area contributed by atoms with Gasteiger partial charge in [-0.05, 0) is 37.1 Å². The molecule has 5 nitrogen and oxygen atoms in total. The van der Waals surface area contributed by atoms with E-state index in [1.54, 1.807) is 10.9 Å². The Labute approximate surface area is 121 Å². The van der Waals surface area contributed by atoms with Crippen molar-refractivity contribution in [2.75, 3.05) is 0 Å². The molecule has 110 valence electrons. The summed E-state index contributed by atoms with van der Waals surface area (Å²) in [6, 6.07) is 5.20. The molecule has 0 spiro atoms. The highest BCUT2D eigenvalue weighted by atomic mass is 19.1. The lowest BCUT2D eigenvalue weighted by molar-refractivity contribution is 0.0684. The van der Waals surface area contributed by atoms with Crippen molar-refractivity contribution in [1.82, 2.24) is 15.0 Å². The molecular weight excluding hydrogens is 273 g/mol. The average Bonchev–Trinajstić information content (AvgIpc) is 2.97. The smallest absolute Gasteiger partial charge is 0.214 e. The van der Waals surface area contributed by atoms with E-state index in [0.717, 1.165) is 25.7 Å². The van der Waals surface area contributed by atoms with Crippen molar-refractivity contribution in [3.63, 3.8) is 0 Å². The van der Waals surface area contributed by atoms with Crippen LogP contribution in [0.2, 0.25) is 0 Å². The molecule has 1 heterocycles. The van der Waals surface area contributed by atoms with Crippen molar-refractivity contribution in [2.24, 2.45) is 0 Å². The van der Waals surface area contributed by atoms with E-state index < -0.39 is 6.10 Å². The van der Waals surface area contributed by atoms with Gasteiger partial charge in [0.1, 0.15) is 5.82 Å². The SMILES string of the molecule is O=C(c1ccc(F)cc1)c1cn([C@@H]2CCCC[C@H]2O)nn1. The van der Waals surface area contributed by atoms with E-state index >= 15 is 0 Å². The lowest BCUT2D eigenvalue weighted by atomic mass is 9.93. The van der Waals surface area contributed by atoms with Gasteiger partial charge < -0.3 is 5.11 Å². The Bertz CT molecular complexity index is 639. The van der Waals surface area contributed by atoms with Gasteiger partial charge in [0.2, 0.25) is 5.78 Å². The summed E-state index contributed by atoms with van der Waals surface area (Å²) in [5.74, 6) is -0.688. The lowest BCUT2D eigenvalue weighted by Gasteiger charge is -2.27. The number of ketones is 1. The first kappa shape index (κ1) is 13.9. The second-order valence-electron chi connectivity index (χ2n) is 5.34. The van der Waals surface area contributed by atoms with E-state index in [-0.39, 0.29) is 23.3 Å². The van der Waals surface area contributed by atoms with Gasteiger partial charge in [-0.2, -0.15) is 0 Å². The monoisotopic (exact) mass is 289 g/mol. The molecule has 6 heteroatoms. The minimum absolute atomic E-state index is 0.124. The average molecular weight is 289 g/mol. The number of hydrogen-bond acceptors (Lipinski definition) is 4. The third-order valence-electron chi connectivity index (χ3n) is 3.88. The van der Waals surface area contributed by atoms with Crippen molar-refractivity contribution < 1.29 is 14.3 Å². The van der Waals surface area contributed by atoms with E-state index in [0.29, 0.717) is 5.56 Å². The van der Waals surface area contributed by atoms with Gasteiger partial charge in [-0.3, -0.25) is 4.79 Å². The molecule has 1 aliphatic carbocycles. The Morgan fingerprint density at radius 1 is 1.24 bits per heavy atom. The number of rotatable bonds is 3. The van der Waals surface area contributed by atoms with E-state index in [4.69, 9.17) is 0 Å². The van der Waals surface area contributed by atoms with Crippen molar-refractivity contribution in [1.29, 1.82) is 0 Å². The van der Waals surface area contributed by atoms with Crippen molar-refractivity contribution in [2.45, 2.75) is 37.8 Å². The Morgan fingerprint density at radius 3 is 2.67 bits per heavy atom. The highest BCUT2D eigenvalue weighted by Crippen LogP contribution is 2.28. The van der Waals surface area contributed by atoms with Gasteiger partial charge in [-0.1, -0.05) is 18.1 Å². The molecule has 0 bridgehead atoms. The van der Waals surface area contributed by atoms with Crippen LogP contribution in [0.1, 0.15) is 47.8 Å². The summed E-state index contributed by atoms with van der Waals surface area (Å²) in [6.45, 7) is 0. The minimum Gasteiger partial charge on any atom is -0.391 e. The molecule has 0 radical (unpaired) electrons. The summed E-state index contributed by atoms with van der Waals surface area (Å²) >= 11 is 0. The van der Waals surface area contributed by atoms with Crippen LogP contribution in [0, 0.1) is 5.82 Å². The first-order valence-corrected chi connectivity index (χ1v) is 7.05. The van der Waals surface area contributed by atoms with Crippen LogP contribution in [-0.4, -0.2) is 32.0 Å². The van der Waals surface area contributed by atoms with E-state index in [9.17, 15) is 14.3 Å². The largest absolute Gasteiger partial charge is 0.391 e. The molecular formula is C15H16FN3O2. The number of nitrogens with zero attached hydrogens (tertiary/aromatic N) is 3. The number of aliphatic hydroxyl groups is 1. The summed E-state index contributed by atoms with van der Waals surface area (Å²) in [6.07, 6.45) is 4.72. The first-order valence-electron chi connectivity index (χ1n) is 7.05. The number of aliphatic hydroxyl groups excluding tert-OH is 1. The van der Waals surface area contributed by atoms with Crippen LogP contribution in [0.3, 0.4) is 0 Å². The molecule has 1 N–H and O–H groups in total. The molecule has 2 atom stereocenters. The first-order chi connectivity index (χ1) is 10.1. The standard InChI is InChI=1S/C15H16FN3O2/c16-11-7-5-10(6-8-11)15(21)12-9-19(18-17-12)13-3-1-2-4-14(13)20/h5-9,13-14,20H,1-4H2/t13-,14-/m1/s1. The Kier molecular flexibility index (Phi) is 3.79. The van der Waals surface area contributed by atoms with Gasteiger partial charge >= 0.3 is 0 Å². The fourth-order valence-electron chi connectivity index (χ4n) is 2.69. The second kappa shape index (κ2) is 5.73. The van der Waals surface area contributed by atoms with E-state index in [1.807, 2.05) is 0 Å². The van der Waals surface area contributed by atoms with Crippen LogP contribution in [-0.2, 0) is 0 Å². The molecule has 0 aliphatic heterocycles. The maximum absolute atomic E-state index is 12.9. The van der Waals surface area contributed by atoms with Crippen LogP contribution < -0.4 is 0 Å². The van der Waals surface area contributed by atoms with E-state index in [2.05, 4.69) is 10.3 Å². The Balaban J connectivity index is 1.81. The van der Waals surface area contributed by atoms with Crippen LogP contribution in [0.5, 0.6) is 0 Å². The zero-order valence-corrected chi connectivity index (χ0v) is 11.4. The number of aromatic nitrogens is 3. The molecule has 3 rings (SSSR count).